The second-order valence-corrected chi connectivity index (χ2v) is 5.25. The van der Waals surface area contributed by atoms with Crippen LogP contribution >= 0.6 is 0 Å². The molecule has 1 amide bonds. The molecule has 1 aliphatic carbocycles. The molecule has 3 rings (SSSR count). The summed E-state index contributed by atoms with van der Waals surface area (Å²) in [6.07, 6.45) is 2.18. The fraction of sp³-hybridized carbons (Fsp3) is 0.533. The second-order valence-electron chi connectivity index (χ2n) is 5.25. The van der Waals surface area contributed by atoms with Gasteiger partial charge in [-0.1, -0.05) is 6.92 Å². The third-order valence-electron chi connectivity index (χ3n) is 3.53. The molecule has 0 aromatic heterocycles. The van der Waals surface area contributed by atoms with E-state index in [0.717, 1.165) is 30.7 Å². The van der Waals surface area contributed by atoms with Crippen LogP contribution in [0.25, 0.3) is 0 Å². The molecule has 1 atom stereocenters. The van der Waals surface area contributed by atoms with Crippen LogP contribution < -0.4 is 20.1 Å². The summed E-state index contributed by atoms with van der Waals surface area (Å²) in [5, 5.41) is 6.26. The molecular formula is C15H20N2O3. The number of likely N-dealkylation sites (N-methyl/N-ethyl adjacent to an activating group) is 1. The van der Waals surface area contributed by atoms with Gasteiger partial charge < -0.3 is 20.1 Å². The van der Waals surface area contributed by atoms with Crippen LogP contribution in [-0.4, -0.2) is 31.7 Å². The first-order chi connectivity index (χ1) is 9.76. The summed E-state index contributed by atoms with van der Waals surface area (Å²) in [4.78, 5) is 11.6. The van der Waals surface area contributed by atoms with Crippen molar-refractivity contribution < 1.29 is 14.3 Å². The minimum Gasteiger partial charge on any atom is -0.491 e. The van der Waals surface area contributed by atoms with Crippen LogP contribution in [0.15, 0.2) is 18.2 Å². The Kier molecular flexibility index (Phi) is 3.78. The molecule has 1 unspecified atom stereocenters. The molecule has 1 saturated carbocycles. The third kappa shape index (κ3) is 3.04. The van der Waals surface area contributed by atoms with Crippen LogP contribution in [0.2, 0.25) is 0 Å². The van der Waals surface area contributed by atoms with Crippen LogP contribution in [0.3, 0.4) is 0 Å². The average molecular weight is 276 g/mol. The fourth-order valence-corrected chi connectivity index (χ4v) is 2.34. The summed E-state index contributed by atoms with van der Waals surface area (Å²) in [7, 11) is 0. The van der Waals surface area contributed by atoms with Crippen LogP contribution in [-0.2, 0) is 4.79 Å². The maximum atomic E-state index is 11.6. The molecule has 5 nitrogen and oxygen atoms in total. The molecule has 1 fully saturated rings. The summed E-state index contributed by atoms with van der Waals surface area (Å²) in [6.45, 7) is 3.70. The number of carbonyl (C=O) groups excluding carboxylic acids is 1. The van der Waals surface area contributed by atoms with E-state index in [2.05, 4.69) is 17.6 Å². The standard InChI is InChI=1S/C15H20N2O3/c1-2-16-13-8-20-14-7-11(5-6-12(13)14)19-9-15(18)17-10-3-4-10/h5-7,10,13,16H,2-4,8-9H2,1H3,(H,17,18). The van der Waals surface area contributed by atoms with E-state index in [0.29, 0.717) is 18.4 Å². The summed E-state index contributed by atoms with van der Waals surface area (Å²) in [6, 6.07) is 6.38. The van der Waals surface area contributed by atoms with Crippen molar-refractivity contribution in [2.24, 2.45) is 0 Å². The number of carbonyl (C=O) groups is 1. The van der Waals surface area contributed by atoms with Gasteiger partial charge in [-0.25, -0.2) is 0 Å². The molecule has 5 heteroatoms. The number of benzene rings is 1. The smallest absolute Gasteiger partial charge is 0.258 e. The van der Waals surface area contributed by atoms with E-state index in [1.54, 1.807) is 0 Å². The number of nitrogens with one attached hydrogen (secondary N) is 2. The van der Waals surface area contributed by atoms with Crippen molar-refractivity contribution in [2.75, 3.05) is 19.8 Å². The minimum atomic E-state index is -0.0561. The normalized spacial score (nSPS) is 20.1. The quantitative estimate of drug-likeness (QED) is 0.824. The Balaban J connectivity index is 1.57. The Morgan fingerprint density at radius 2 is 2.30 bits per heavy atom. The zero-order chi connectivity index (χ0) is 13.9. The highest BCUT2D eigenvalue weighted by molar-refractivity contribution is 5.78. The lowest BCUT2D eigenvalue weighted by atomic mass is 10.1. The molecule has 20 heavy (non-hydrogen) atoms. The van der Waals surface area contributed by atoms with Gasteiger partial charge in [0.1, 0.15) is 18.1 Å². The maximum Gasteiger partial charge on any atom is 0.258 e. The van der Waals surface area contributed by atoms with E-state index in [-0.39, 0.29) is 18.6 Å². The van der Waals surface area contributed by atoms with Crippen LogP contribution in [0, 0.1) is 0 Å². The average Bonchev–Trinajstić information content (AvgIpc) is 3.17. The predicted octanol–water partition coefficient (Wildman–Crippen LogP) is 1.39. The van der Waals surface area contributed by atoms with Crippen molar-refractivity contribution in [3.05, 3.63) is 23.8 Å². The molecular weight excluding hydrogens is 256 g/mol. The highest BCUT2D eigenvalue weighted by Crippen LogP contribution is 2.35. The van der Waals surface area contributed by atoms with Crippen molar-refractivity contribution in [1.29, 1.82) is 0 Å². The van der Waals surface area contributed by atoms with Gasteiger partial charge in [0.25, 0.3) is 5.91 Å². The molecule has 0 bridgehead atoms. The first kappa shape index (κ1) is 13.2. The maximum absolute atomic E-state index is 11.6. The highest BCUT2D eigenvalue weighted by Gasteiger charge is 2.25. The Bertz CT molecular complexity index is 500. The molecule has 1 aromatic carbocycles. The van der Waals surface area contributed by atoms with Gasteiger partial charge in [0.2, 0.25) is 0 Å². The van der Waals surface area contributed by atoms with Crippen molar-refractivity contribution in [3.63, 3.8) is 0 Å². The first-order valence-corrected chi connectivity index (χ1v) is 7.18. The molecule has 1 aliphatic heterocycles. The summed E-state index contributed by atoms with van der Waals surface area (Å²) in [5.41, 5.74) is 1.15. The minimum absolute atomic E-state index is 0.0561. The first-order valence-electron chi connectivity index (χ1n) is 7.18. The van der Waals surface area contributed by atoms with Gasteiger partial charge >= 0.3 is 0 Å². The summed E-state index contributed by atoms with van der Waals surface area (Å²) in [5.74, 6) is 1.46. The number of hydrogen-bond donors (Lipinski definition) is 2. The van der Waals surface area contributed by atoms with E-state index < -0.39 is 0 Å². The summed E-state index contributed by atoms with van der Waals surface area (Å²) >= 11 is 0. The third-order valence-corrected chi connectivity index (χ3v) is 3.53. The molecule has 1 heterocycles. The molecule has 0 spiro atoms. The van der Waals surface area contributed by atoms with E-state index in [1.807, 2.05) is 18.2 Å². The zero-order valence-corrected chi connectivity index (χ0v) is 11.6. The van der Waals surface area contributed by atoms with E-state index in [4.69, 9.17) is 9.47 Å². The van der Waals surface area contributed by atoms with Crippen LogP contribution in [0.5, 0.6) is 11.5 Å². The highest BCUT2D eigenvalue weighted by atomic mass is 16.5. The van der Waals surface area contributed by atoms with Gasteiger partial charge in [-0.2, -0.15) is 0 Å². The second kappa shape index (κ2) is 5.71. The lowest BCUT2D eigenvalue weighted by molar-refractivity contribution is -0.123. The van der Waals surface area contributed by atoms with Gasteiger partial charge in [0, 0.05) is 17.7 Å². The lowest BCUT2D eigenvalue weighted by Crippen LogP contribution is -2.30. The molecule has 2 aliphatic rings. The number of rotatable bonds is 6. The van der Waals surface area contributed by atoms with Crippen molar-refractivity contribution in [2.45, 2.75) is 31.8 Å². The number of hydrogen-bond acceptors (Lipinski definition) is 4. The molecule has 2 N–H and O–H groups in total. The predicted molar refractivity (Wildman–Crippen MR) is 75.0 cm³/mol. The van der Waals surface area contributed by atoms with Gasteiger partial charge in [-0.3, -0.25) is 4.79 Å². The van der Waals surface area contributed by atoms with Crippen molar-refractivity contribution in [1.82, 2.24) is 10.6 Å². The van der Waals surface area contributed by atoms with Crippen LogP contribution in [0.4, 0.5) is 0 Å². The van der Waals surface area contributed by atoms with Crippen molar-refractivity contribution in [3.8, 4) is 11.5 Å². The largest absolute Gasteiger partial charge is 0.491 e. The molecule has 1 aromatic rings. The number of fused-ring (bicyclic) bond motifs is 1. The monoisotopic (exact) mass is 276 g/mol. The van der Waals surface area contributed by atoms with Crippen molar-refractivity contribution >= 4 is 5.91 Å². The Morgan fingerprint density at radius 1 is 1.45 bits per heavy atom. The molecule has 108 valence electrons. The van der Waals surface area contributed by atoms with Gasteiger partial charge in [0.05, 0.1) is 6.04 Å². The Morgan fingerprint density at radius 3 is 3.05 bits per heavy atom. The topological polar surface area (TPSA) is 59.6 Å². The van der Waals surface area contributed by atoms with Gasteiger partial charge in [-0.15, -0.1) is 0 Å². The van der Waals surface area contributed by atoms with E-state index in [1.165, 1.54) is 0 Å². The number of ether oxygens (including phenoxy) is 2. The van der Waals surface area contributed by atoms with E-state index >= 15 is 0 Å². The van der Waals surface area contributed by atoms with Gasteiger partial charge in [-0.05, 0) is 31.5 Å². The Labute approximate surface area is 118 Å². The lowest BCUT2D eigenvalue weighted by Gasteiger charge is -2.10. The van der Waals surface area contributed by atoms with E-state index in [9.17, 15) is 4.79 Å². The SMILES string of the molecule is CCNC1COc2cc(OCC(=O)NC3CC3)ccc21. The van der Waals surface area contributed by atoms with Gasteiger partial charge in [0.15, 0.2) is 6.61 Å². The fourth-order valence-electron chi connectivity index (χ4n) is 2.34. The van der Waals surface area contributed by atoms with Crippen LogP contribution in [0.1, 0.15) is 31.4 Å². The zero-order valence-electron chi connectivity index (χ0n) is 11.6. The number of amides is 1. The Hall–Kier alpha value is -1.75. The molecule has 0 saturated heterocycles. The molecule has 0 radical (unpaired) electrons. The summed E-state index contributed by atoms with van der Waals surface area (Å²) < 4.78 is 11.1.